The number of hydrogen-bond donors (Lipinski definition) is 3. The van der Waals surface area contributed by atoms with E-state index in [1.807, 2.05) is 48.1 Å². The highest BCUT2D eigenvalue weighted by molar-refractivity contribution is 14.0. The molecule has 0 aliphatic heterocycles. The number of nitrogens with one attached hydrogen (secondary N) is 2. The van der Waals surface area contributed by atoms with Crippen LogP contribution in [0.3, 0.4) is 0 Å². The molecule has 4 rings (SSSR count). The first-order valence-corrected chi connectivity index (χ1v) is 10.8. The molecule has 0 aliphatic carbocycles. The molecular weight excluding hydrogens is 521 g/mol. The van der Waals surface area contributed by atoms with E-state index in [2.05, 4.69) is 51.1 Å². The zero-order valence-electron chi connectivity index (χ0n) is 17.2. The Morgan fingerprint density at radius 3 is 2.65 bits per heavy atom. The average molecular weight is 547 g/mol. The fraction of sp³-hybridized carbons (Fsp3) is 0.217. The summed E-state index contributed by atoms with van der Waals surface area (Å²) in [6.07, 6.45) is 3.10. The molecule has 0 aliphatic rings. The van der Waals surface area contributed by atoms with Crippen LogP contribution >= 0.6 is 35.3 Å². The van der Waals surface area contributed by atoms with Crippen molar-refractivity contribution in [3.8, 4) is 5.69 Å². The van der Waals surface area contributed by atoms with E-state index in [0.29, 0.717) is 19.0 Å². The second kappa shape index (κ2) is 11.3. The van der Waals surface area contributed by atoms with Crippen molar-refractivity contribution in [2.45, 2.75) is 19.6 Å². The van der Waals surface area contributed by atoms with Crippen LogP contribution < -0.4 is 10.6 Å². The summed E-state index contributed by atoms with van der Waals surface area (Å²) in [6, 6.07) is 20.3. The fourth-order valence-corrected chi connectivity index (χ4v) is 4.20. The molecule has 0 spiro atoms. The summed E-state index contributed by atoms with van der Waals surface area (Å²) in [5, 5.41) is 22.5. The van der Waals surface area contributed by atoms with Gasteiger partial charge in [0.2, 0.25) is 0 Å². The Labute approximate surface area is 203 Å². The Morgan fingerprint density at radius 1 is 1.13 bits per heavy atom. The maximum absolute atomic E-state index is 10.6. The number of aliphatic hydroxyl groups is 1. The molecule has 0 saturated carbocycles. The first kappa shape index (κ1) is 23.2. The van der Waals surface area contributed by atoms with Crippen LogP contribution in [-0.2, 0) is 6.54 Å². The van der Waals surface area contributed by atoms with Crippen molar-refractivity contribution < 1.29 is 5.11 Å². The van der Waals surface area contributed by atoms with E-state index in [4.69, 9.17) is 0 Å². The third-order valence-electron chi connectivity index (χ3n) is 4.71. The number of halogens is 1. The zero-order chi connectivity index (χ0) is 20.8. The molecule has 0 radical (unpaired) electrons. The second-order valence-electron chi connectivity index (χ2n) is 6.90. The van der Waals surface area contributed by atoms with Crippen LogP contribution in [0.2, 0.25) is 0 Å². The standard InChI is InChI=1S/C23H25N5OS.HI/c1-2-24-23(25-15-17-8-10-19(11-9-17)28-13-5-12-27-28)26-16-20(29)22-14-18-6-3-4-7-21(18)30-22;/h3-14,20,29H,2,15-16H2,1H3,(H2,24,25,26);1H. The summed E-state index contributed by atoms with van der Waals surface area (Å²) in [6.45, 7) is 3.73. The summed E-state index contributed by atoms with van der Waals surface area (Å²) in [5.41, 5.74) is 2.12. The van der Waals surface area contributed by atoms with Crippen LogP contribution in [0.1, 0.15) is 23.5 Å². The number of benzene rings is 2. The van der Waals surface area contributed by atoms with E-state index in [9.17, 15) is 5.11 Å². The summed E-state index contributed by atoms with van der Waals surface area (Å²) in [7, 11) is 0. The number of rotatable bonds is 7. The van der Waals surface area contributed by atoms with Crippen LogP contribution in [0.15, 0.2) is 78.0 Å². The summed E-state index contributed by atoms with van der Waals surface area (Å²) < 4.78 is 3.01. The van der Waals surface area contributed by atoms with Gasteiger partial charge in [-0.2, -0.15) is 5.10 Å². The van der Waals surface area contributed by atoms with Gasteiger partial charge in [0, 0.05) is 35.1 Å². The smallest absolute Gasteiger partial charge is 0.191 e. The number of aliphatic hydroxyl groups excluding tert-OH is 1. The predicted molar refractivity (Wildman–Crippen MR) is 139 cm³/mol. The molecule has 1 atom stereocenters. The van der Waals surface area contributed by atoms with Crippen molar-refractivity contribution in [2.24, 2.45) is 4.99 Å². The normalized spacial score (nSPS) is 12.4. The van der Waals surface area contributed by atoms with Crippen molar-refractivity contribution in [1.82, 2.24) is 20.4 Å². The minimum Gasteiger partial charge on any atom is -0.386 e. The molecule has 0 bridgehead atoms. The lowest BCUT2D eigenvalue weighted by Crippen LogP contribution is -2.39. The molecule has 8 heteroatoms. The van der Waals surface area contributed by atoms with E-state index in [1.165, 1.54) is 4.70 Å². The molecule has 3 N–H and O–H groups in total. The third-order valence-corrected chi connectivity index (χ3v) is 5.92. The summed E-state index contributed by atoms with van der Waals surface area (Å²) >= 11 is 1.62. The van der Waals surface area contributed by atoms with Crippen LogP contribution in [0.5, 0.6) is 0 Å². The molecule has 6 nitrogen and oxygen atoms in total. The molecule has 4 aromatic rings. The van der Waals surface area contributed by atoms with Crippen LogP contribution in [0, 0.1) is 0 Å². The molecule has 0 saturated heterocycles. The van der Waals surface area contributed by atoms with E-state index in [0.717, 1.165) is 28.1 Å². The van der Waals surface area contributed by atoms with E-state index in [1.54, 1.807) is 17.5 Å². The highest BCUT2D eigenvalue weighted by atomic mass is 127. The van der Waals surface area contributed by atoms with Crippen molar-refractivity contribution in [3.63, 3.8) is 0 Å². The lowest BCUT2D eigenvalue weighted by atomic mass is 10.2. The molecular formula is C23H26IN5OS. The number of fused-ring (bicyclic) bond motifs is 1. The maximum atomic E-state index is 10.6. The van der Waals surface area contributed by atoms with E-state index >= 15 is 0 Å². The van der Waals surface area contributed by atoms with Crippen molar-refractivity contribution in [1.29, 1.82) is 0 Å². The number of hydrogen-bond acceptors (Lipinski definition) is 4. The monoisotopic (exact) mass is 547 g/mol. The molecule has 2 aromatic carbocycles. The third kappa shape index (κ3) is 6.05. The first-order valence-electron chi connectivity index (χ1n) is 10.0. The van der Waals surface area contributed by atoms with Gasteiger partial charge in [-0.1, -0.05) is 30.3 Å². The SMILES string of the molecule is CCNC(=NCc1ccc(-n2cccn2)cc1)NCC(O)c1cc2ccccc2s1.I. The van der Waals surface area contributed by atoms with Crippen molar-refractivity contribution >= 4 is 51.4 Å². The Hall–Kier alpha value is -2.43. The number of guanidine groups is 1. The van der Waals surface area contributed by atoms with Crippen molar-refractivity contribution in [3.05, 3.63) is 83.5 Å². The zero-order valence-corrected chi connectivity index (χ0v) is 20.4. The lowest BCUT2D eigenvalue weighted by Gasteiger charge is -2.14. The van der Waals surface area contributed by atoms with Gasteiger partial charge in [-0.25, -0.2) is 9.67 Å². The molecule has 2 aromatic heterocycles. The minimum atomic E-state index is -0.584. The largest absolute Gasteiger partial charge is 0.386 e. The van der Waals surface area contributed by atoms with Gasteiger partial charge >= 0.3 is 0 Å². The molecule has 0 fully saturated rings. The number of aliphatic imine (C=N–C) groups is 1. The quantitative estimate of drug-likeness (QED) is 0.181. The molecule has 162 valence electrons. The van der Waals surface area contributed by atoms with Gasteiger partial charge in [-0.15, -0.1) is 35.3 Å². The molecule has 0 amide bonds. The number of aromatic nitrogens is 2. The van der Waals surface area contributed by atoms with Gasteiger partial charge in [0.25, 0.3) is 0 Å². The van der Waals surface area contributed by atoms with Gasteiger partial charge in [0.05, 0.1) is 12.2 Å². The Kier molecular flexibility index (Phi) is 8.44. The highest BCUT2D eigenvalue weighted by Crippen LogP contribution is 2.29. The average Bonchev–Trinajstić information content (AvgIpc) is 3.46. The topological polar surface area (TPSA) is 74.5 Å². The molecule has 2 heterocycles. The van der Waals surface area contributed by atoms with E-state index in [-0.39, 0.29) is 24.0 Å². The Bertz CT molecular complexity index is 1080. The van der Waals surface area contributed by atoms with Gasteiger partial charge in [-0.05, 0) is 48.2 Å². The van der Waals surface area contributed by atoms with Crippen LogP contribution in [0.4, 0.5) is 0 Å². The number of thiophene rings is 1. The van der Waals surface area contributed by atoms with Crippen LogP contribution in [-0.4, -0.2) is 33.9 Å². The van der Waals surface area contributed by atoms with Gasteiger partial charge in [0.1, 0.15) is 6.10 Å². The first-order chi connectivity index (χ1) is 14.7. The lowest BCUT2D eigenvalue weighted by molar-refractivity contribution is 0.184. The van der Waals surface area contributed by atoms with Gasteiger partial charge in [-0.3, -0.25) is 0 Å². The van der Waals surface area contributed by atoms with Crippen molar-refractivity contribution in [2.75, 3.05) is 13.1 Å². The van der Waals surface area contributed by atoms with Crippen LogP contribution in [0.25, 0.3) is 15.8 Å². The van der Waals surface area contributed by atoms with E-state index < -0.39 is 6.10 Å². The van der Waals surface area contributed by atoms with Gasteiger partial charge < -0.3 is 15.7 Å². The summed E-state index contributed by atoms with van der Waals surface area (Å²) in [4.78, 5) is 5.60. The molecule has 1 unspecified atom stereocenters. The summed E-state index contributed by atoms with van der Waals surface area (Å²) in [5.74, 6) is 0.689. The minimum absolute atomic E-state index is 0. The fourth-order valence-electron chi connectivity index (χ4n) is 3.15. The van der Waals surface area contributed by atoms with Gasteiger partial charge in [0.15, 0.2) is 5.96 Å². The Balaban J connectivity index is 0.00000272. The molecule has 31 heavy (non-hydrogen) atoms. The second-order valence-corrected chi connectivity index (χ2v) is 8.01. The number of nitrogens with zero attached hydrogens (tertiary/aromatic N) is 3. The maximum Gasteiger partial charge on any atom is 0.191 e. The highest BCUT2D eigenvalue weighted by Gasteiger charge is 2.12. The Morgan fingerprint density at radius 2 is 1.94 bits per heavy atom. The predicted octanol–water partition coefficient (Wildman–Crippen LogP) is 4.49.